The van der Waals surface area contributed by atoms with E-state index >= 15 is 0 Å². The van der Waals surface area contributed by atoms with Crippen LogP contribution in [0.1, 0.15) is 15.9 Å². The zero-order valence-electron chi connectivity index (χ0n) is 16.2. The maximum atomic E-state index is 12.6. The molecule has 0 spiro atoms. The van der Waals surface area contributed by atoms with Gasteiger partial charge in [-0.2, -0.15) is 16.8 Å². The molecule has 0 bridgehead atoms. The third-order valence-electron chi connectivity index (χ3n) is 3.58. The van der Waals surface area contributed by atoms with Crippen LogP contribution in [-0.2, 0) is 20.2 Å². The number of ketones is 1. The summed E-state index contributed by atoms with van der Waals surface area (Å²) in [6.07, 6.45) is 0. The Balaban J connectivity index is 0.00000420. The van der Waals surface area contributed by atoms with Crippen molar-refractivity contribution in [1.82, 2.24) is 0 Å². The van der Waals surface area contributed by atoms with Crippen molar-refractivity contribution in [3.05, 3.63) is 35.4 Å². The minimum absolute atomic E-state index is 0. The molecular weight excluding hydrogens is 466 g/mol. The molecule has 15 heteroatoms. The van der Waals surface area contributed by atoms with Crippen molar-refractivity contribution in [1.29, 1.82) is 0 Å². The second-order valence-electron chi connectivity index (χ2n) is 5.28. The SMILES string of the molecule is COc1cc([O-])c(C(=O)c2cc(S(=O)(=O)O)c(OC)cc2[O-])cc1S(=O)(=O)O.[Na+].[Na+]. The predicted molar refractivity (Wildman–Crippen MR) is 87.9 cm³/mol. The van der Waals surface area contributed by atoms with Crippen molar-refractivity contribution >= 4 is 26.0 Å². The van der Waals surface area contributed by atoms with Crippen molar-refractivity contribution < 1.29 is 110 Å². The third kappa shape index (κ3) is 6.09. The first kappa shape index (κ1) is 29.1. The van der Waals surface area contributed by atoms with Crippen LogP contribution in [0, 0.1) is 0 Å². The van der Waals surface area contributed by atoms with Crippen molar-refractivity contribution in [2.75, 3.05) is 14.2 Å². The zero-order valence-corrected chi connectivity index (χ0v) is 21.8. The van der Waals surface area contributed by atoms with Gasteiger partial charge < -0.3 is 19.7 Å². The van der Waals surface area contributed by atoms with E-state index in [1.165, 1.54) is 0 Å². The average molecular weight is 478 g/mol. The number of ether oxygens (including phenoxy) is 2. The van der Waals surface area contributed by atoms with Gasteiger partial charge in [0.2, 0.25) is 0 Å². The van der Waals surface area contributed by atoms with E-state index in [4.69, 9.17) is 0 Å². The fourth-order valence-corrected chi connectivity index (χ4v) is 3.63. The molecule has 0 amide bonds. The molecule has 152 valence electrons. The van der Waals surface area contributed by atoms with Crippen molar-refractivity contribution in [2.45, 2.75) is 9.79 Å². The summed E-state index contributed by atoms with van der Waals surface area (Å²) in [5, 5.41) is 24.3. The van der Waals surface area contributed by atoms with Gasteiger partial charge in [-0.25, -0.2) is 0 Å². The molecule has 0 aromatic heterocycles. The summed E-state index contributed by atoms with van der Waals surface area (Å²) in [6, 6.07) is 2.20. The number of hydrogen-bond donors (Lipinski definition) is 2. The van der Waals surface area contributed by atoms with Crippen LogP contribution in [0.25, 0.3) is 0 Å². The van der Waals surface area contributed by atoms with Crippen LogP contribution in [0.3, 0.4) is 0 Å². The molecule has 0 aliphatic heterocycles. The molecule has 2 aromatic carbocycles. The van der Waals surface area contributed by atoms with E-state index in [-0.39, 0.29) is 59.1 Å². The molecule has 11 nitrogen and oxygen atoms in total. The number of hydrogen-bond acceptors (Lipinski definition) is 9. The Hall–Kier alpha value is -0.870. The van der Waals surface area contributed by atoms with Gasteiger partial charge >= 0.3 is 59.1 Å². The van der Waals surface area contributed by atoms with E-state index in [2.05, 4.69) is 9.47 Å². The van der Waals surface area contributed by atoms with Gasteiger partial charge in [-0.15, -0.1) is 0 Å². The molecular formula is C15H12Na2O11S2. The maximum Gasteiger partial charge on any atom is 1.00 e. The first-order valence-corrected chi connectivity index (χ1v) is 9.97. The average Bonchev–Trinajstić information content (AvgIpc) is 2.58. The molecule has 0 aliphatic carbocycles. The normalized spacial score (nSPS) is 11.1. The van der Waals surface area contributed by atoms with Gasteiger partial charge in [0.15, 0.2) is 5.78 Å². The Bertz CT molecular complexity index is 1080. The summed E-state index contributed by atoms with van der Waals surface area (Å²) in [5.74, 6) is -4.54. The van der Waals surface area contributed by atoms with Crippen LogP contribution >= 0.6 is 0 Å². The smallest absolute Gasteiger partial charge is 0.872 e. The van der Waals surface area contributed by atoms with Crippen LogP contribution in [0.15, 0.2) is 34.1 Å². The van der Waals surface area contributed by atoms with E-state index in [1.54, 1.807) is 0 Å². The Kier molecular flexibility index (Phi) is 10.3. The first-order chi connectivity index (χ1) is 12.8. The van der Waals surface area contributed by atoms with Crippen LogP contribution in [0.2, 0.25) is 0 Å². The molecule has 0 unspecified atom stereocenters. The van der Waals surface area contributed by atoms with Gasteiger partial charge in [-0.3, -0.25) is 13.9 Å². The van der Waals surface area contributed by atoms with Gasteiger partial charge in [-0.05, 0) is 24.3 Å². The van der Waals surface area contributed by atoms with Crippen molar-refractivity contribution in [3.8, 4) is 23.0 Å². The number of carbonyl (C=O) groups is 1. The topological polar surface area (TPSA) is 190 Å². The summed E-state index contributed by atoms with van der Waals surface area (Å²) in [6.45, 7) is 0. The molecule has 0 saturated heterocycles. The molecule has 2 aromatic rings. The Morgan fingerprint density at radius 2 is 1.07 bits per heavy atom. The first-order valence-electron chi connectivity index (χ1n) is 7.09. The molecule has 0 fully saturated rings. The zero-order chi connectivity index (χ0) is 21.4. The summed E-state index contributed by atoms with van der Waals surface area (Å²) in [4.78, 5) is 10.8. The van der Waals surface area contributed by atoms with Crippen molar-refractivity contribution in [3.63, 3.8) is 0 Å². The largest absolute Gasteiger partial charge is 1.00 e. The minimum atomic E-state index is -4.90. The summed E-state index contributed by atoms with van der Waals surface area (Å²) in [7, 11) is -7.77. The van der Waals surface area contributed by atoms with Crippen LogP contribution < -0.4 is 78.8 Å². The van der Waals surface area contributed by atoms with Gasteiger partial charge in [0.25, 0.3) is 20.2 Å². The number of carbonyl (C=O) groups excluding carboxylic acids is 1. The summed E-state index contributed by atoms with van der Waals surface area (Å²) >= 11 is 0. The standard InChI is InChI=1S/C15H14O11S2.2Na/c1-25-11-5-9(16)7(3-13(11)27(19,20)21)15(18)8-4-14(28(22,23)24)12(26-2)6-10(8)17;;/h3-6,16-17H,1-2H3,(H,19,20,21)(H,22,23,24);;/q;2*+1/p-2. The molecule has 30 heavy (non-hydrogen) atoms. The monoisotopic (exact) mass is 478 g/mol. The summed E-state index contributed by atoms with van der Waals surface area (Å²) < 4.78 is 73.6. The second-order valence-corrected chi connectivity index (χ2v) is 8.06. The van der Waals surface area contributed by atoms with E-state index < -0.39 is 69.9 Å². The van der Waals surface area contributed by atoms with Gasteiger partial charge in [0, 0.05) is 11.1 Å². The van der Waals surface area contributed by atoms with Gasteiger partial charge in [0.05, 0.1) is 14.2 Å². The molecule has 0 heterocycles. The fourth-order valence-electron chi connectivity index (χ4n) is 2.30. The fraction of sp³-hybridized carbons (Fsp3) is 0.133. The number of benzene rings is 2. The quantitative estimate of drug-likeness (QED) is 0.228. The minimum Gasteiger partial charge on any atom is -0.872 e. The second kappa shape index (κ2) is 10.6. The molecule has 0 radical (unpaired) electrons. The molecule has 0 atom stereocenters. The predicted octanol–water partition coefficient (Wildman–Crippen LogP) is -6.42. The Morgan fingerprint density at radius 1 is 0.767 bits per heavy atom. The maximum absolute atomic E-state index is 12.6. The van der Waals surface area contributed by atoms with Crippen LogP contribution in [0.4, 0.5) is 0 Å². The van der Waals surface area contributed by atoms with E-state index in [9.17, 15) is 40.9 Å². The number of rotatable bonds is 6. The molecule has 2 N–H and O–H groups in total. The van der Waals surface area contributed by atoms with Crippen molar-refractivity contribution in [2.24, 2.45) is 0 Å². The Morgan fingerprint density at radius 3 is 1.30 bits per heavy atom. The molecule has 0 saturated carbocycles. The third-order valence-corrected chi connectivity index (χ3v) is 5.33. The van der Waals surface area contributed by atoms with Crippen LogP contribution in [-0.4, -0.2) is 45.9 Å². The van der Waals surface area contributed by atoms with E-state index in [0.717, 1.165) is 14.2 Å². The van der Waals surface area contributed by atoms with Gasteiger partial charge in [-0.1, -0.05) is 11.5 Å². The Labute approximate surface area is 216 Å². The molecule has 0 aliphatic rings. The summed E-state index contributed by atoms with van der Waals surface area (Å²) in [5.41, 5.74) is -1.70. The molecule has 2 rings (SSSR count). The van der Waals surface area contributed by atoms with Gasteiger partial charge in [0.1, 0.15) is 21.3 Å². The van der Waals surface area contributed by atoms with E-state index in [1.807, 2.05) is 0 Å². The van der Waals surface area contributed by atoms with E-state index in [0.29, 0.717) is 24.3 Å². The van der Waals surface area contributed by atoms with Crippen LogP contribution in [0.5, 0.6) is 23.0 Å². The number of methoxy groups -OCH3 is 2.